The van der Waals surface area contributed by atoms with Crippen LogP contribution in [0.3, 0.4) is 0 Å². The van der Waals surface area contributed by atoms with Crippen LogP contribution in [-0.4, -0.2) is 9.97 Å². The van der Waals surface area contributed by atoms with Gasteiger partial charge in [-0.2, -0.15) is 4.98 Å². The predicted molar refractivity (Wildman–Crippen MR) is 98.0 cm³/mol. The van der Waals surface area contributed by atoms with Crippen LogP contribution in [0.5, 0.6) is 0 Å². The van der Waals surface area contributed by atoms with E-state index in [9.17, 15) is 0 Å². The van der Waals surface area contributed by atoms with Gasteiger partial charge in [0, 0.05) is 22.9 Å². The highest BCUT2D eigenvalue weighted by Gasteiger charge is 2.02. The van der Waals surface area contributed by atoms with Crippen LogP contribution in [0.4, 0.5) is 17.5 Å². The van der Waals surface area contributed by atoms with Crippen molar-refractivity contribution < 1.29 is 0 Å². The lowest BCUT2D eigenvalue weighted by molar-refractivity contribution is 1.07. The first kappa shape index (κ1) is 15.5. The molecule has 116 valence electrons. The number of anilines is 3. The molecule has 0 saturated heterocycles. The fourth-order valence-electron chi connectivity index (χ4n) is 2.21. The van der Waals surface area contributed by atoms with Crippen molar-refractivity contribution in [3.05, 3.63) is 76.4 Å². The molecule has 0 atom stereocenters. The standard InChI is InChI=1S/C18H17BrN4/c1-13-5-2-3-6-14(13)12-21-17-9-10-20-18(23-17)22-16-8-4-7-15(19)11-16/h2-11H,12H2,1H3,(H2,20,21,22,23). The smallest absolute Gasteiger partial charge is 0.229 e. The number of benzene rings is 2. The molecule has 0 unspecified atom stereocenters. The maximum Gasteiger partial charge on any atom is 0.229 e. The van der Waals surface area contributed by atoms with Crippen molar-refractivity contribution in [2.75, 3.05) is 10.6 Å². The molecule has 0 radical (unpaired) electrons. The number of halogens is 1. The molecule has 4 nitrogen and oxygen atoms in total. The molecule has 3 rings (SSSR count). The van der Waals surface area contributed by atoms with E-state index in [-0.39, 0.29) is 0 Å². The fraction of sp³-hybridized carbons (Fsp3) is 0.111. The van der Waals surface area contributed by atoms with Gasteiger partial charge < -0.3 is 10.6 Å². The summed E-state index contributed by atoms with van der Waals surface area (Å²) >= 11 is 3.45. The Bertz CT molecular complexity index is 804. The molecule has 0 aliphatic heterocycles. The number of rotatable bonds is 5. The molecule has 0 aliphatic rings. The zero-order valence-corrected chi connectivity index (χ0v) is 14.3. The lowest BCUT2D eigenvalue weighted by Crippen LogP contribution is -2.05. The van der Waals surface area contributed by atoms with Gasteiger partial charge in [0.25, 0.3) is 0 Å². The molecular weight excluding hydrogens is 352 g/mol. The van der Waals surface area contributed by atoms with Crippen LogP contribution in [0, 0.1) is 6.92 Å². The van der Waals surface area contributed by atoms with Gasteiger partial charge in [-0.1, -0.05) is 46.3 Å². The average molecular weight is 369 g/mol. The minimum absolute atomic E-state index is 0.567. The summed E-state index contributed by atoms with van der Waals surface area (Å²) in [5.74, 6) is 1.36. The van der Waals surface area contributed by atoms with E-state index in [1.807, 2.05) is 42.5 Å². The Morgan fingerprint density at radius 2 is 1.91 bits per heavy atom. The quantitative estimate of drug-likeness (QED) is 0.672. The Labute approximate surface area is 144 Å². The topological polar surface area (TPSA) is 49.8 Å². The summed E-state index contributed by atoms with van der Waals surface area (Å²) in [5, 5.41) is 6.54. The van der Waals surface area contributed by atoms with Crippen molar-refractivity contribution in [3.8, 4) is 0 Å². The lowest BCUT2D eigenvalue weighted by atomic mass is 10.1. The molecule has 23 heavy (non-hydrogen) atoms. The van der Waals surface area contributed by atoms with Crippen molar-refractivity contribution >= 4 is 33.4 Å². The monoisotopic (exact) mass is 368 g/mol. The second kappa shape index (κ2) is 7.24. The Morgan fingerprint density at radius 1 is 1.04 bits per heavy atom. The summed E-state index contributed by atoms with van der Waals surface area (Å²) < 4.78 is 1.01. The van der Waals surface area contributed by atoms with E-state index in [2.05, 4.69) is 55.6 Å². The van der Waals surface area contributed by atoms with Gasteiger partial charge in [-0.25, -0.2) is 4.98 Å². The highest BCUT2D eigenvalue weighted by molar-refractivity contribution is 9.10. The van der Waals surface area contributed by atoms with Crippen LogP contribution in [0.25, 0.3) is 0 Å². The van der Waals surface area contributed by atoms with Crippen molar-refractivity contribution in [3.63, 3.8) is 0 Å². The molecule has 2 aromatic carbocycles. The summed E-state index contributed by atoms with van der Waals surface area (Å²) in [4.78, 5) is 8.75. The first-order valence-electron chi connectivity index (χ1n) is 7.35. The van der Waals surface area contributed by atoms with Crippen molar-refractivity contribution in [2.45, 2.75) is 13.5 Å². The molecule has 3 aromatic rings. The number of nitrogens with one attached hydrogen (secondary N) is 2. The number of aromatic nitrogens is 2. The average Bonchev–Trinajstić information content (AvgIpc) is 2.54. The first-order chi connectivity index (χ1) is 11.2. The second-order valence-electron chi connectivity index (χ2n) is 5.18. The van der Waals surface area contributed by atoms with Crippen LogP contribution < -0.4 is 10.6 Å². The summed E-state index contributed by atoms with van der Waals surface area (Å²) in [6.07, 6.45) is 1.74. The van der Waals surface area contributed by atoms with Crippen LogP contribution in [0.15, 0.2) is 65.3 Å². The molecule has 0 bridgehead atoms. The molecule has 2 N–H and O–H groups in total. The van der Waals surface area contributed by atoms with E-state index in [4.69, 9.17) is 0 Å². The fourth-order valence-corrected chi connectivity index (χ4v) is 2.61. The van der Waals surface area contributed by atoms with Gasteiger partial charge in [0.05, 0.1) is 0 Å². The molecule has 1 aromatic heterocycles. The number of hydrogen-bond donors (Lipinski definition) is 2. The molecule has 0 aliphatic carbocycles. The van der Waals surface area contributed by atoms with E-state index < -0.39 is 0 Å². The van der Waals surface area contributed by atoms with Gasteiger partial charge in [-0.05, 0) is 42.3 Å². The maximum atomic E-state index is 4.49. The van der Waals surface area contributed by atoms with Crippen LogP contribution in [0.1, 0.15) is 11.1 Å². The zero-order valence-electron chi connectivity index (χ0n) is 12.8. The van der Waals surface area contributed by atoms with Crippen LogP contribution in [0.2, 0.25) is 0 Å². The third kappa shape index (κ3) is 4.29. The van der Waals surface area contributed by atoms with Crippen LogP contribution >= 0.6 is 15.9 Å². The zero-order chi connectivity index (χ0) is 16.1. The third-order valence-electron chi connectivity index (χ3n) is 3.46. The highest BCUT2D eigenvalue weighted by Crippen LogP contribution is 2.19. The summed E-state index contributed by atoms with van der Waals surface area (Å²) in [7, 11) is 0. The SMILES string of the molecule is Cc1ccccc1CNc1ccnc(Nc2cccc(Br)c2)n1. The molecule has 0 saturated carbocycles. The maximum absolute atomic E-state index is 4.49. The van der Waals surface area contributed by atoms with Gasteiger partial charge >= 0.3 is 0 Å². The summed E-state index contributed by atoms with van der Waals surface area (Å²) in [5.41, 5.74) is 3.46. The Balaban J connectivity index is 1.69. The number of aryl methyl sites for hydroxylation is 1. The Morgan fingerprint density at radius 3 is 2.74 bits per heavy atom. The molecule has 0 fully saturated rings. The Kier molecular flexibility index (Phi) is 4.88. The van der Waals surface area contributed by atoms with Gasteiger partial charge in [-0.15, -0.1) is 0 Å². The first-order valence-corrected chi connectivity index (χ1v) is 8.14. The second-order valence-corrected chi connectivity index (χ2v) is 6.10. The van der Waals surface area contributed by atoms with Crippen LogP contribution in [-0.2, 0) is 6.54 Å². The predicted octanol–water partition coefficient (Wildman–Crippen LogP) is 4.90. The molecule has 0 amide bonds. The van der Waals surface area contributed by atoms with Gasteiger partial charge in [-0.3, -0.25) is 0 Å². The van der Waals surface area contributed by atoms with E-state index in [0.29, 0.717) is 5.95 Å². The largest absolute Gasteiger partial charge is 0.366 e. The molecule has 1 heterocycles. The van der Waals surface area contributed by atoms with E-state index in [1.165, 1.54) is 11.1 Å². The lowest BCUT2D eigenvalue weighted by Gasteiger charge is -2.10. The molecule has 0 spiro atoms. The normalized spacial score (nSPS) is 10.3. The third-order valence-corrected chi connectivity index (χ3v) is 3.95. The van der Waals surface area contributed by atoms with Gasteiger partial charge in [0.2, 0.25) is 5.95 Å². The van der Waals surface area contributed by atoms with Crippen molar-refractivity contribution in [1.82, 2.24) is 9.97 Å². The van der Waals surface area contributed by atoms with Gasteiger partial charge in [0.15, 0.2) is 0 Å². The number of hydrogen-bond acceptors (Lipinski definition) is 4. The van der Waals surface area contributed by atoms with Crippen molar-refractivity contribution in [2.24, 2.45) is 0 Å². The van der Waals surface area contributed by atoms with Gasteiger partial charge in [0.1, 0.15) is 5.82 Å². The van der Waals surface area contributed by atoms with E-state index >= 15 is 0 Å². The van der Waals surface area contributed by atoms with E-state index in [1.54, 1.807) is 6.20 Å². The molecule has 5 heteroatoms. The molecular formula is C18H17BrN4. The summed E-state index contributed by atoms with van der Waals surface area (Å²) in [6.45, 7) is 2.84. The minimum Gasteiger partial charge on any atom is -0.366 e. The Hall–Kier alpha value is -2.40. The van der Waals surface area contributed by atoms with Crippen molar-refractivity contribution in [1.29, 1.82) is 0 Å². The summed E-state index contributed by atoms with van der Waals surface area (Å²) in [6, 6.07) is 18.1. The minimum atomic E-state index is 0.567. The van der Waals surface area contributed by atoms with E-state index in [0.717, 1.165) is 22.5 Å². The number of nitrogens with zero attached hydrogens (tertiary/aromatic N) is 2. The highest BCUT2D eigenvalue weighted by atomic mass is 79.9.